The van der Waals surface area contributed by atoms with Crippen LogP contribution in [0, 0.1) is 0 Å². The van der Waals surface area contributed by atoms with Crippen LogP contribution >= 0.6 is 0 Å². The molecule has 4 rings (SSSR count). The molecule has 0 amide bonds. The van der Waals surface area contributed by atoms with Crippen molar-refractivity contribution in [2.75, 3.05) is 6.79 Å². The minimum absolute atomic E-state index is 0.00706. The second-order valence-electron chi connectivity index (χ2n) is 8.50. The zero-order chi connectivity index (χ0) is 30.8. The lowest BCUT2D eigenvalue weighted by Crippen LogP contribution is -2.11. The fourth-order valence-corrected chi connectivity index (χ4v) is 3.66. The van der Waals surface area contributed by atoms with Gasteiger partial charge < -0.3 is 40.1 Å². The average Bonchev–Trinajstić information content (AvgIpc) is 2.95. The van der Waals surface area contributed by atoms with Crippen molar-refractivity contribution in [3.05, 3.63) is 118 Å². The molecule has 0 aliphatic carbocycles. The van der Waals surface area contributed by atoms with Crippen LogP contribution in [-0.4, -0.2) is 61.3 Å². The highest BCUT2D eigenvalue weighted by molar-refractivity contribution is 5.92. The van der Waals surface area contributed by atoms with Gasteiger partial charge in [0.15, 0.2) is 0 Å². The Morgan fingerprint density at radius 2 is 0.857 bits per heavy atom. The Bertz CT molecular complexity index is 1510. The minimum atomic E-state index is -1.24. The van der Waals surface area contributed by atoms with E-state index in [0.717, 1.165) is 0 Å². The molecule has 0 aliphatic heterocycles. The quantitative estimate of drug-likeness (QED) is 0.143. The molecule has 4 aromatic rings. The maximum Gasteiger partial charge on any atom is 0.339 e. The molecule has 0 saturated carbocycles. The second-order valence-corrected chi connectivity index (χ2v) is 8.50. The lowest BCUT2D eigenvalue weighted by atomic mass is 10.0. The summed E-state index contributed by atoms with van der Waals surface area (Å²) < 4.78 is 10.5. The van der Waals surface area contributed by atoms with E-state index in [1.807, 2.05) is 0 Å². The molecular weight excluding hydrogens is 552 g/mol. The largest absolute Gasteiger partial charge is 0.507 e. The number of hydrogen-bond donors (Lipinski definition) is 6. The molecule has 6 N–H and O–H groups in total. The predicted octanol–water partition coefficient (Wildman–Crippen LogP) is 4.58. The molecule has 4 aromatic carbocycles. The number of aromatic hydroxyl groups is 2. The predicted molar refractivity (Wildman–Crippen MR) is 146 cm³/mol. The smallest absolute Gasteiger partial charge is 0.339 e. The third-order valence-corrected chi connectivity index (χ3v) is 5.65. The summed E-state index contributed by atoms with van der Waals surface area (Å²) in [7, 11) is 0. The number of carbonyl (C=O) groups is 4. The van der Waals surface area contributed by atoms with Crippen LogP contribution in [-0.2, 0) is 6.42 Å². The monoisotopic (exact) mass is 576 g/mol. The lowest BCUT2D eigenvalue weighted by Gasteiger charge is -2.11. The molecule has 216 valence electrons. The van der Waals surface area contributed by atoms with Crippen LogP contribution in [0.1, 0.15) is 52.6 Å². The standard InChI is InChI=1S/2C15H12O6/c16-12-3-1-8(6-10(12)14(18)19)5-9-2-4-13(17)11(7-9)15(20)21;16-14(17)10-5-1-3-7-12(10)20-9-21-13-8-4-2-6-11(13)15(18)19/h1-4,6-7,16-17H,5H2,(H,18,19)(H,20,21);1-8H,9H2,(H,16,17)(H,18,19). The van der Waals surface area contributed by atoms with E-state index in [-0.39, 0.29) is 58.5 Å². The van der Waals surface area contributed by atoms with E-state index < -0.39 is 23.9 Å². The normalized spacial score (nSPS) is 10.1. The van der Waals surface area contributed by atoms with Crippen LogP contribution in [0.15, 0.2) is 84.9 Å². The van der Waals surface area contributed by atoms with Gasteiger partial charge in [0.05, 0.1) is 0 Å². The van der Waals surface area contributed by atoms with Gasteiger partial charge in [-0.25, -0.2) is 19.2 Å². The van der Waals surface area contributed by atoms with E-state index in [2.05, 4.69) is 0 Å². The molecule has 12 heteroatoms. The molecule has 0 unspecified atom stereocenters. The molecule has 0 aromatic heterocycles. The van der Waals surface area contributed by atoms with Crippen molar-refractivity contribution >= 4 is 23.9 Å². The summed E-state index contributed by atoms with van der Waals surface area (Å²) in [5, 5.41) is 54.7. The maximum absolute atomic E-state index is 11.0. The Morgan fingerprint density at radius 1 is 0.500 bits per heavy atom. The van der Waals surface area contributed by atoms with Crippen LogP contribution in [0.4, 0.5) is 0 Å². The van der Waals surface area contributed by atoms with E-state index in [1.165, 1.54) is 48.5 Å². The summed E-state index contributed by atoms with van der Waals surface area (Å²) in [4.78, 5) is 43.9. The SMILES string of the molecule is O=C(O)c1cc(Cc2ccc(O)c(C(=O)O)c2)ccc1O.O=C(O)c1ccccc1OCOc1ccccc1C(=O)O. The van der Waals surface area contributed by atoms with Gasteiger partial charge in [0.2, 0.25) is 6.79 Å². The Hall–Kier alpha value is -6.04. The number of carboxylic acids is 4. The van der Waals surface area contributed by atoms with Crippen molar-refractivity contribution in [3.63, 3.8) is 0 Å². The summed E-state index contributed by atoms with van der Waals surface area (Å²) >= 11 is 0. The van der Waals surface area contributed by atoms with E-state index in [9.17, 15) is 29.4 Å². The summed E-state index contributed by atoms with van der Waals surface area (Å²) in [6, 6.07) is 20.5. The number of rotatable bonds is 10. The van der Waals surface area contributed by atoms with E-state index >= 15 is 0 Å². The van der Waals surface area contributed by atoms with Gasteiger partial charge >= 0.3 is 23.9 Å². The van der Waals surface area contributed by atoms with Gasteiger partial charge in [-0.05, 0) is 66.1 Å². The van der Waals surface area contributed by atoms with Gasteiger partial charge in [-0.1, -0.05) is 36.4 Å². The maximum atomic E-state index is 11.0. The van der Waals surface area contributed by atoms with Gasteiger partial charge in [-0.3, -0.25) is 0 Å². The third kappa shape index (κ3) is 7.99. The number of ether oxygens (including phenoxy) is 2. The molecule has 0 saturated heterocycles. The van der Waals surface area contributed by atoms with Crippen LogP contribution in [0.2, 0.25) is 0 Å². The second kappa shape index (κ2) is 13.8. The molecule has 0 bridgehead atoms. The summed E-state index contributed by atoms with van der Waals surface area (Å²) in [6.45, 7) is -0.297. The van der Waals surface area contributed by atoms with Crippen LogP contribution in [0.3, 0.4) is 0 Å². The summed E-state index contributed by atoms with van der Waals surface area (Å²) in [5.74, 6) is -5.08. The highest BCUT2D eigenvalue weighted by Gasteiger charge is 2.14. The van der Waals surface area contributed by atoms with Crippen LogP contribution in [0.5, 0.6) is 23.0 Å². The van der Waals surface area contributed by atoms with E-state index in [4.69, 9.17) is 29.9 Å². The molecular formula is C30H24O12. The van der Waals surface area contributed by atoms with E-state index in [0.29, 0.717) is 11.1 Å². The Balaban J connectivity index is 0.000000230. The molecule has 0 aliphatic rings. The third-order valence-electron chi connectivity index (χ3n) is 5.65. The topological polar surface area (TPSA) is 208 Å². The highest BCUT2D eigenvalue weighted by Crippen LogP contribution is 2.24. The molecule has 0 spiro atoms. The summed E-state index contributed by atoms with van der Waals surface area (Å²) in [5.41, 5.74) is 0.786. The summed E-state index contributed by atoms with van der Waals surface area (Å²) in [6.07, 6.45) is 0.279. The Morgan fingerprint density at radius 3 is 1.21 bits per heavy atom. The molecule has 42 heavy (non-hydrogen) atoms. The molecule has 0 heterocycles. The van der Waals surface area contributed by atoms with Crippen LogP contribution < -0.4 is 9.47 Å². The lowest BCUT2D eigenvalue weighted by molar-refractivity contribution is 0.0666. The van der Waals surface area contributed by atoms with Crippen molar-refractivity contribution in [1.82, 2.24) is 0 Å². The first-order valence-electron chi connectivity index (χ1n) is 12.0. The molecule has 0 radical (unpaired) electrons. The number of benzene rings is 4. The molecule has 0 fully saturated rings. The average molecular weight is 577 g/mol. The first kappa shape index (κ1) is 30.5. The zero-order valence-electron chi connectivity index (χ0n) is 21.6. The number of aromatic carboxylic acids is 4. The molecule has 12 nitrogen and oxygen atoms in total. The van der Waals surface area contributed by atoms with Gasteiger partial charge in [0.25, 0.3) is 0 Å². The van der Waals surface area contributed by atoms with Crippen molar-refractivity contribution in [1.29, 1.82) is 0 Å². The first-order valence-corrected chi connectivity index (χ1v) is 12.0. The number of carboxylic acid groups (broad SMARTS) is 4. The number of hydrogen-bond acceptors (Lipinski definition) is 8. The highest BCUT2D eigenvalue weighted by atomic mass is 16.7. The van der Waals surface area contributed by atoms with Gasteiger partial charge in [0, 0.05) is 0 Å². The number of phenols is 2. The molecule has 0 atom stereocenters. The van der Waals surface area contributed by atoms with Gasteiger partial charge in [-0.15, -0.1) is 0 Å². The number of para-hydroxylation sites is 2. The fraction of sp³-hybridized carbons (Fsp3) is 0.0667. The Kier molecular flexibility index (Phi) is 10.1. The first-order chi connectivity index (χ1) is 20.0. The van der Waals surface area contributed by atoms with Crippen molar-refractivity contribution in [2.45, 2.75) is 6.42 Å². The van der Waals surface area contributed by atoms with E-state index in [1.54, 1.807) is 36.4 Å². The zero-order valence-corrected chi connectivity index (χ0v) is 21.6. The van der Waals surface area contributed by atoms with Gasteiger partial charge in [-0.2, -0.15) is 0 Å². The van der Waals surface area contributed by atoms with Crippen molar-refractivity contribution in [3.8, 4) is 23.0 Å². The minimum Gasteiger partial charge on any atom is -0.507 e. The fourth-order valence-electron chi connectivity index (χ4n) is 3.66. The van der Waals surface area contributed by atoms with Gasteiger partial charge in [0.1, 0.15) is 45.3 Å². The van der Waals surface area contributed by atoms with Crippen LogP contribution in [0.25, 0.3) is 0 Å². The van der Waals surface area contributed by atoms with Crippen molar-refractivity contribution < 1.29 is 59.3 Å². The Labute approximate surface area is 237 Å². The van der Waals surface area contributed by atoms with Crippen molar-refractivity contribution in [2.24, 2.45) is 0 Å².